The summed E-state index contributed by atoms with van der Waals surface area (Å²) in [5, 5.41) is 0. The number of piperidine rings is 1. The summed E-state index contributed by atoms with van der Waals surface area (Å²) < 4.78 is 66.9. The van der Waals surface area contributed by atoms with Crippen LogP contribution < -0.4 is 0 Å². The van der Waals surface area contributed by atoms with Gasteiger partial charge in [0.05, 0.1) is 10.5 Å². The molecule has 184 valence electrons. The van der Waals surface area contributed by atoms with Crippen molar-refractivity contribution < 1.29 is 26.4 Å². The number of amides is 1. The van der Waals surface area contributed by atoms with Gasteiger partial charge in [-0.3, -0.25) is 14.7 Å². The van der Waals surface area contributed by atoms with Crippen molar-refractivity contribution in [3.05, 3.63) is 59.9 Å². The summed E-state index contributed by atoms with van der Waals surface area (Å²) in [6, 6.07) is 8.12. The van der Waals surface area contributed by atoms with Crippen molar-refractivity contribution in [1.29, 1.82) is 0 Å². The van der Waals surface area contributed by atoms with Crippen LogP contribution in [-0.2, 0) is 27.5 Å². The Bertz CT molecular complexity index is 1100. The zero-order valence-corrected chi connectivity index (χ0v) is 19.4. The standard InChI is InChI=1S/C23H27F3N4O3S/c24-23(25,26)20-5-1-2-6-21(20)34(32,33)30-10-7-19(8-11-30)22(31)29-14-12-28(13-15-29)17-18-4-3-9-27-16-18/h1-6,9,16,19H,7-8,10-15,17H2. The van der Waals surface area contributed by atoms with Crippen LogP contribution in [-0.4, -0.2) is 72.7 Å². The third-order valence-electron chi connectivity index (χ3n) is 6.43. The fourth-order valence-electron chi connectivity index (χ4n) is 4.54. The van der Waals surface area contributed by atoms with E-state index in [-0.39, 0.29) is 24.9 Å². The number of halogens is 3. The molecule has 0 aliphatic carbocycles. The zero-order valence-electron chi connectivity index (χ0n) is 18.6. The SMILES string of the molecule is O=C(C1CCN(S(=O)(=O)c2ccccc2C(F)(F)F)CC1)N1CCN(Cc2cccnc2)CC1. The molecule has 4 rings (SSSR count). The van der Waals surface area contributed by atoms with Gasteiger partial charge >= 0.3 is 6.18 Å². The van der Waals surface area contributed by atoms with E-state index in [1.54, 1.807) is 6.20 Å². The maximum Gasteiger partial charge on any atom is 0.417 e. The number of hydrogen-bond donors (Lipinski definition) is 0. The van der Waals surface area contributed by atoms with Gasteiger partial charge in [0, 0.05) is 64.1 Å². The first kappa shape index (κ1) is 24.6. The Hall–Kier alpha value is -2.50. The zero-order chi connectivity index (χ0) is 24.3. The Morgan fingerprint density at radius 2 is 1.65 bits per heavy atom. The lowest BCUT2D eigenvalue weighted by molar-refractivity contribution is -0.140. The number of carbonyl (C=O) groups excluding carboxylic acids is 1. The molecular weight excluding hydrogens is 469 g/mol. The van der Waals surface area contributed by atoms with Gasteiger partial charge < -0.3 is 4.90 Å². The number of piperazine rings is 1. The van der Waals surface area contributed by atoms with Crippen LogP contribution in [0.15, 0.2) is 53.7 Å². The number of aromatic nitrogens is 1. The highest BCUT2D eigenvalue weighted by atomic mass is 32.2. The fraction of sp³-hybridized carbons (Fsp3) is 0.478. The van der Waals surface area contributed by atoms with E-state index in [2.05, 4.69) is 9.88 Å². The predicted octanol–water partition coefficient (Wildman–Crippen LogP) is 2.85. The van der Waals surface area contributed by atoms with Crippen molar-refractivity contribution in [1.82, 2.24) is 19.1 Å². The predicted molar refractivity (Wildman–Crippen MR) is 119 cm³/mol. The molecule has 2 aromatic rings. The minimum atomic E-state index is -4.77. The third kappa shape index (κ3) is 5.42. The van der Waals surface area contributed by atoms with Crippen LogP contribution in [0.3, 0.4) is 0 Å². The highest BCUT2D eigenvalue weighted by molar-refractivity contribution is 7.89. The highest BCUT2D eigenvalue weighted by Gasteiger charge is 2.40. The van der Waals surface area contributed by atoms with Gasteiger partial charge in [0.15, 0.2) is 0 Å². The Labute approximate surface area is 197 Å². The van der Waals surface area contributed by atoms with Crippen LogP contribution in [0, 0.1) is 5.92 Å². The molecule has 3 heterocycles. The van der Waals surface area contributed by atoms with E-state index in [4.69, 9.17) is 0 Å². The molecule has 2 saturated heterocycles. The van der Waals surface area contributed by atoms with E-state index in [1.807, 2.05) is 23.2 Å². The molecule has 7 nitrogen and oxygen atoms in total. The molecule has 0 atom stereocenters. The number of rotatable bonds is 5. The van der Waals surface area contributed by atoms with Gasteiger partial charge in [0.25, 0.3) is 0 Å². The van der Waals surface area contributed by atoms with Gasteiger partial charge in [-0.05, 0) is 36.6 Å². The van der Waals surface area contributed by atoms with E-state index in [0.717, 1.165) is 41.6 Å². The normalized spacial score (nSPS) is 19.3. The number of carbonyl (C=O) groups is 1. The molecule has 0 N–H and O–H groups in total. The first-order chi connectivity index (χ1) is 16.2. The molecule has 2 fully saturated rings. The number of alkyl halides is 3. The average Bonchev–Trinajstić information content (AvgIpc) is 2.84. The number of nitrogens with zero attached hydrogens (tertiary/aromatic N) is 4. The summed E-state index contributed by atoms with van der Waals surface area (Å²) >= 11 is 0. The lowest BCUT2D eigenvalue weighted by atomic mass is 9.96. The molecule has 0 unspecified atom stereocenters. The van der Waals surface area contributed by atoms with Crippen LogP contribution in [0.25, 0.3) is 0 Å². The molecule has 1 amide bonds. The second-order valence-electron chi connectivity index (χ2n) is 8.63. The molecule has 2 aliphatic heterocycles. The van der Waals surface area contributed by atoms with Crippen LogP contribution in [0.1, 0.15) is 24.0 Å². The van der Waals surface area contributed by atoms with E-state index in [9.17, 15) is 26.4 Å². The number of benzene rings is 1. The summed E-state index contributed by atoms with van der Waals surface area (Å²) in [5.41, 5.74) is -0.0553. The first-order valence-corrected chi connectivity index (χ1v) is 12.7. The maximum absolute atomic E-state index is 13.3. The minimum Gasteiger partial charge on any atom is -0.340 e. The van der Waals surface area contributed by atoms with Crippen LogP contribution in [0.2, 0.25) is 0 Å². The minimum absolute atomic E-state index is 0.00577. The van der Waals surface area contributed by atoms with Crippen molar-refractivity contribution in [3.8, 4) is 0 Å². The molecule has 0 saturated carbocycles. The molecule has 1 aromatic carbocycles. The summed E-state index contributed by atoms with van der Waals surface area (Å²) in [6.07, 6.45) is -0.625. The number of hydrogen-bond acceptors (Lipinski definition) is 5. The number of sulfonamides is 1. The maximum atomic E-state index is 13.3. The second-order valence-corrected chi connectivity index (χ2v) is 10.5. The third-order valence-corrected chi connectivity index (χ3v) is 8.38. The van der Waals surface area contributed by atoms with Crippen molar-refractivity contribution in [2.75, 3.05) is 39.3 Å². The van der Waals surface area contributed by atoms with Crippen LogP contribution in [0.5, 0.6) is 0 Å². The lowest BCUT2D eigenvalue weighted by Gasteiger charge is -2.38. The van der Waals surface area contributed by atoms with Crippen LogP contribution >= 0.6 is 0 Å². The Morgan fingerprint density at radius 3 is 2.26 bits per heavy atom. The topological polar surface area (TPSA) is 73.8 Å². The smallest absolute Gasteiger partial charge is 0.340 e. The monoisotopic (exact) mass is 496 g/mol. The Kier molecular flexibility index (Phi) is 7.25. The molecule has 1 aromatic heterocycles. The molecular formula is C23H27F3N4O3S. The van der Waals surface area contributed by atoms with E-state index in [1.165, 1.54) is 12.1 Å². The van der Waals surface area contributed by atoms with Gasteiger partial charge in [-0.2, -0.15) is 17.5 Å². The Balaban J connectivity index is 1.32. The Morgan fingerprint density at radius 1 is 0.971 bits per heavy atom. The van der Waals surface area contributed by atoms with E-state index in [0.29, 0.717) is 25.9 Å². The first-order valence-electron chi connectivity index (χ1n) is 11.2. The van der Waals surface area contributed by atoms with E-state index >= 15 is 0 Å². The molecule has 0 spiro atoms. The summed E-state index contributed by atoms with van der Waals surface area (Å²) in [5.74, 6) is -0.331. The number of pyridine rings is 1. The summed E-state index contributed by atoms with van der Waals surface area (Å²) in [4.78, 5) is 20.5. The van der Waals surface area contributed by atoms with Crippen LogP contribution in [0.4, 0.5) is 13.2 Å². The van der Waals surface area contributed by atoms with Crippen molar-refractivity contribution in [2.24, 2.45) is 5.92 Å². The largest absolute Gasteiger partial charge is 0.417 e. The lowest BCUT2D eigenvalue weighted by Crippen LogP contribution is -2.51. The van der Waals surface area contributed by atoms with E-state index < -0.39 is 26.7 Å². The second kappa shape index (κ2) is 10.0. The van der Waals surface area contributed by atoms with Gasteiger partial charge in [-0.25, -0.2) is 8.42 Å². The average molecular weight is 497 g/mol. The van der Waals surface area contributed by atoms with Crippen molar-refractivity contribution in [3.63, 3.8) is 0 Å². The van der Waals surface area contributed by atoms with Gasteiger partial charge in [0.1, 0.15) is 0 Å². The molecule has 34 heavy (non-hydrogen) atoms. The van der Waals surface area contributed by atoms with Gasteiger partial charge in [0.2, 0.25) is 15.9 Å². The molecule has 2 aliphatic rings. The molecule has 0 radical (unpaired) electrons. The van der Waals surface area contributed by atoms with Crippen molar-refractivity contribution >= 4 is 15.9 Å². The highest BCUT2D eigenvalue weighted by Crippen LogP contribution is 2.36. The summed E-state index contributed by atoms with van der Waals surface area (Å²) in [7, 11) is -4.31. The molecule has 0 bridgehead atoms. The molecule has 11 heteroatoms. The van der Waals surface area contributed by atoms with Gasteiger partial charge in [-0.15, -0.1) is 0 Å². The fourth-order valence-corrected chi connectivity index (χ4v) is 6.22. The quantitative estimate of drug-likeness (QED) is 0.637. The van der Waals surface area contributed by atoms with Gasteiger partial charge in [-0.1, -0.05) is 18.2 Å². The summed E-state index contributed by atoms with van der Waals surface area (Å²) in [6.45, 7) is 3.47. The van der Waals surface area contributed by atoms with Crippen molar-refractivity contribution in [2.45, 2.75) is 30.5 Å².